The van der Waals surface area contributed by atoms with Crippen molar-refractivity contribution >= 4 is 5.69 Å². The van der Waals surface area contributed by atoms with Crippen LogP contribution in [0.25, 0.3) is 5.69 Å². The minimum Gasteiger partial charge on any atom is -0.396 e. The molecule has 16 heavy (non-hydrogen) atoms. The smallest absolute Gasteiger partial charge is 0.0740 e. The molecular formula is C13H15N3. The van der Waals surface area contributed by atoms with Gasteiger partial charge >= 0.3 is 0 Å². The van der Waals surface area contributed by atoms with Crippen LogP contribution >= 0.6 is 0 Å². The monoisotopic (exact) mass is 213 g/mol. The standard InChI is InChI=1S/C13H15N3/c1-9-3-2-4-11(7-9)16-13(10-5-6-10)12(14)8-15-16/h2-4,7-8,10H,5-6,14H2,1H3. The van der Waals surface area contributed by atoms with Crippen molar-refractivity contribution in [3.05, 3.63) is 41.7 Å². The zero-order chi connectivity index (χ0) is 11.1. The van der Waals surface area contributed by atoms with Gasteiger partial charge in [0.2, 0.25) is 0 Å². The van der Waals surface area contributed by atoms with Gasteiger partial charge in [-0.05, 0) is 37.5 Å². The van der Waals surface area contributed by atoms with Gasteiger partial charge in [0, 0.05) is 5.92 Å². The zero-order valence-electron chi connectivity index (χ0n) is 9.35. The average Bonchev–Trinajstić information content (AvgIpc) is 3.02. The van der Waals surface area contributed by atoms with Gasteiger partial charge in [-0.1, -0.05) is 12.1 Å². The molecule has 82 valence electrons. The molecular weight excluding hydrogens is 198 g/mol. The van der Waals surface area contributed by atoms with Crippen LogP contribution in [0.15, 0.2) is 30.5 Å². The van der Waals surface area contributed by atoms with Gasteiger partial charge in [0.25, 0.3) is 0 Å². The van der Waals surface area contributed by atoms with E-state index in [2.05, 4.69) is 36.3 Å². The van der Waals surface area contributed by atoms with Crippen molar-refractivity contribution in [3.8, 4) is 5.69 Å². The Hall–Kier alpha value is -1.77. The minimum absolute atomic E-state index is 0.614. The van der Waals surface area contributed by atoms with Crippen LogP contribution in [0.2, 0.25) is 0 Å². The number of nitrogen functional groups attached to an aromatic ring is 1. The van der Waals surface area contributed by atoms with Gasteiger partial charge in [-0.25, -0.2) is 4.68 Å². The summed E-state index contributed by atoms with van der Waals surface area (Å²) in [5.74, 6) is 0.614. The largest absolute Gasteiger partial charge is 0.396 e. The number of rotatable bonds is 2. The molecule has 0 radical (unpaired) electrons. The average molecular weight is 213 g/mol. The molecule has 0 bridgehead atoms. The van der Waals surface area contributed by atoms with E-state index in [1.165, 1.54) is 24.1 Å². The van der Waals surface area contributed by atoms with Crippen molar-refractivity contribution in [2.75, 3.05) is 5.73 Å². The molecule has 1 saturated carbocycles. The van der Waals surface area contributed by atoms with Crippen molar-refractivity contribution in [2.24, 2.45) is 0 Å². The van der Waals surface area contributed by atoms with E-state index >= 15 is 0 Å². The SMILES string of the molecule is Cc1cccc(-n2ncc(N)c2C2CC2)c1. The lowest BCUT2D eigenvalue weighted by atomic mass is 10.2. The fourth-order valence-corrected chi connectivity index (χ4v) is 2.10. The highest BCUT2D eigenvalue weighted by molar-refractivity contribution is 5.49. The van der Waals surface area contributed by atoms with Gasteiger partial charge in [0.1, 0.15) is 0 Å². The summed E-state index contributed by atoms with van der Waals surface area (Å²) in [6.07, 6.45) is 4.24. The predicted octanol–water partition coefficient (Wildman–Crippen LogP) is 2.64. The Bertz CT molecular complexity index is 524. The highest BCUT2D eigenvalue weighted by Crippen LogP contribution is 2.43. The van der Waals surface area contributed by atoms with E-state index in [1.54, 1.807) is 6.20 Å². The Labute approximate surface area is 94.9 Å². The second-order valence-corrected chi connectivity index (χ2v) is 4.51. The molecule has 1 aromatic carbocycles. The van der Waals surface area contributed by atoms with Crippen molar-refractivity contribution in [2.45, 2.75) is 25.7 Å². The maximum absolute atomic E-state index is 5.97. The van der Waals surface area contributed by atoms with E-state index in [1.807, 2.05) is 4.68 Å². The molecule has 0 amide bonds. The zero-order valence-corrected chi connectivity index (χ0v) is 9.35. The number of aryl methyl sites for hydroxylation is 1. The second-order valence-electron chi connectivity index (χ2n) is 4.51. The molecule has 3 rings (SSSR count). The molecule has 2 N–H and O–H groups in total. The van der Waals surface area contributed by atoms with Crippen LogP contribution in [0, 0.1) is 6.92 Å². The van der Waals surface area contributed by atoms with E-state index in [4.69, 9.17) is 5.73 Å². The highest BCUT2D eigenvalue weighted by Gasteiger charge is 2.29. The molecule has 0 saturated heterocycles. The van der Waals surface area contributed by atoms with Crippen LogP contribution in [0.5, 0.6) is 0 Å². The third-order valence-corrected chi connectivity index (χ3v) is 3.05. The number of hydrogen-bond acceptors (Lipinski definition) is 2. The second kappa shape index (κ2) is 3.37. The number of anilines is 1. The van der Waals surface area contributed by atoms with Crippen LogP contribution in [0.1, 0.15) is 30.0 Å². The number of hydrogen-bond donors (Lipinski definition) is 1. The topological polar surface area (TPSA) is 43.8 Å². The normalized spacial score (nSPS) is 15.3. The number of aromatic nitrogens is 2. The molecule has 1 aliphatic rings. The van der Waals surface area contributed by atoms with Crippen LogP contribution in [0.3, 0.4) is 0 Å². The predicted molar refractivity (Wildman–Crippen MR) is 64.7 cm³/mol. The van der Waals surface area contributed by atoms with Gasteiger partial charge in [-0.3, -0.25) is 0 Å². The van der Waals surface area contributed by atoms with E-state index in [0.717, 1.165) is 11.4 Å². The van der Waals surface area contributed by atoms with E-state index in [0.29, 0.717) is 5.92 Å². The Balaban J connectivity index is 2.12. The molecule has 1 aliphatic carbocycles. The molecule has 1 fully saturated rings. The van der Waals surface area contributed by atoms with Gasteiger partial charge < -0.3 is 5.73 Å². The Morgan fingerprint density at radius 2 is 2.19 bits per heavy atom. The van der Waals surface area contributed by atoms with E-state index < -0.39 is 0 Å². The third kappa shape index (κ3) is 1.48. The van der Waals surface area contributed by atoms with Crippen molar-refractivity contribution in [3.63, 3.8) is 0 Å². The Morgan fingerprint density at radius 3 is 2.88 bits per heavy atom. The maximum Gasteiger partial charge on any atom is 0.0740 e. The first-order valence-electron chi connectivity index (χ1n) is 5.66. The summed E-state index contributed by atoms with van der Waals surface area (Å²) in [6.45, 7) is 2.09. The van der Waals surface area contributed by atoms with Gasteiger partial charge in [-0.2, -0.15) is 5.10 Å². The first-order chi connectivity index (χ1) is 7.75. The van der Waals surface area contributed by atoms with E-state index in [9.17, 15) is 0 Å². The Morgan fingerprint density at radius 1 is 1.38 bits per heavy atom. The molecule has 0 unspecified atom stereocenters. The molecule has 0 aliphatic heterocycles. The van der Waals surface area contributed by atoms with Gasteiger partial charge in [0.05, 0.1) is 23.3 Å². The van der Waals surface area contributed by atoms with Crippen LogP contribution in [-0.2, 0) is 0 Å². The van der Waals surface area contributed by atoms with Crippen LogP contribution in [0.4, 0.5) is 5.69 Å². The number of benzene rings is 1. The summed E-state index contributed by atoms with van der Waals surface area (Å²) in [4.78, 5) is 0. The fourth-order valence-electron chi connectivity index (χ4n) is 2.10. The summed E-state index contributed by atoms with van der Waals surface area (Å²) < 4.78 is 1.99. The maximum atomic E-state index is 5.97. The summed E-state index contributed by atoms with van der Waals surface area (Å²) in [7, 11) is 0. The lowest BCUT2D eigenvalue weighted by Crippen LogP contribution is -2.02. The lowest BCUT2D eigenvalue weighted by Gasteiger charge is -2.07. The van der Waals surface area contributed by atoms with Gasteiger partial charge in [0.15, 0.2) is 0 Å². The third-order valence-electron chi connectivity index (χ3n) is 3.05. The molecule has 3 nitrogen and oxygen atoms in total. The van der Waals surface area contributed by atoms with Crippen LogP contribution < -0.4 is 5.73 Å². The van der Waals surface area contributed by atoms with Crippen LogP contribution in [-0.4, -0.2) is 9.78 Å². The minimum atomic E-state index is 0.614. The summed E-state index contributed by atoms with van der Waals surface area (Å²) in [5, 5.41) is 4.38. The van der Waals surface area contributed by atoms with Gasteiger partial charge in [-0.15, -0.1) is 0 Å². The first-order valence-corrected chi connectivity index (χ1v) is 5.66. The molecule has 0 spiro atoms. The summed E-state index contributed by atoms with van der Waals surface area (Å²) in [6, 6.07) is 8.36. The van der Waals surface area contributed by atoms with Crippen molar-refractivity contribution < 1.29 is 0 Å². The number of nitrogens with two attached hydrogens (primary N) is 1. The molecule has 2 aromatic rings. The van der Waals surface area contributed by atoms with Crippen molar-refractivity contribution in [1.82, 2.24) is 9.78 Å². The Kier molecular flexibility index (Phi) is 1.99. The number of nitrogens with zero attached hydrogens (tertiary/aromatic N) is 2. The summed E-state index contributed by atoms with van der Waals surface area (Å²) in [5.41, 5.74) is 10.3. The molecule has 0 atom stereocenters. The van der Waals surface area contributed by atoms with E-state index in [-0.39, 0.29) is 0 Å². The fraction of sp³-hybridized carbons (Fsp3) is 0.308. The first kappa shape index (κ1) is 9.46. The van der Waals surface area contributed by atoms with Crippen molar-refractivity contribution in [1.29, 1.82) is 0 Å². The molecule has 1 heterocycles. The highest BCUT2D eigenvalue weighted by atomic mass is 15.3. The quantitative estimate of drug-likeness (QED) is 0.833. The molecule has 3 heteroatoms. The summed E-state index contributed by atoms with van der Waals surface area (Å²) >= 11 is 0. The lowest BCUT2D eigenvalue weighted by molar-refractivity contribution is 0.808. The molecule has 1 aromatic heterocycles.